The zero-order chi connectivity index (χ0) is 12.8. The molecule has 94 valence electrons. The molecule has 0 aliphatic heterocycles. The molecule has 0 unspecified atom stereocenters. The first-order valence-electron chi connectivity index (χ1n) is 6.10. The predicted octanol–water partition coefficient (Wildman–Crippen LogP) is 1.46. The molecule has 0 fully saturated rings. The van der Waals surface area contributed by atoms with E-state index in [0.29, 0.717) is 19.6 Å². The first kappa shape index (κ1) is 12.5. The number of fused-ring (bicyclic) bond motifs is 1. The summed E-state index contributed by atoms with van der Waals surface area (Å²) in [6.45, 7) is 3.55. The van der Waals surface area contributed by atoms with Gasteiger partial charge in [0.2, 0.25) is 5.91 Å². The number of amides is 1. The molecule has 1 aromatic heterocycles. The fourth-order valence-corrected chi connectivity index (χ4v) is 1.89. The third kappa shape index (κ3) is 3.05. The molecule has 2 aromatic rings. The van der Waals surface area contributed by atoms with Gasteiger partial charge in [-0.25, -0.2) is 0 Å². The van der Waals surface area contributed by atoms with Gasteiger partial charge in [-0.1, -0.05) is 24.3 Å². The molecular weight excluding hydrogens is 226 g/mol. The second-order valence-electron chi connectivity index (χ2n) is 4.08. The van der Waals surface area contributed by atoms with Crippen molar-refractivity contribution in [3.8, 4) is 0 Å². The minimum Gasteiger partial charge on any atom is -0.355 e. The Morgan fingerprint density at radius 2 is 2.11 bits per heavy atom. The van der Waals surface area contributed by atoms with Crippen molar-refractivity contribution in [2.75, 3.05) is 13.1 Å². The Balaban J connectivity index is 2.01. The molecule has 1 heterocycles. The first-order chi connectivity index (χ1) is 8.81. The molecule has 0 bridgehead atoms. The van der Waals surface area contributed by atoms with E-state index < -0.39 is 0 Å². The average Bonchev–Trinajstić information content (AvgIpc) is 2.39. The third-order valence-corrected chi connectivity index (χ3v) is 2.73. The molecule has 0 aliphatic carbocycles. The Morgan fingerprint density at radius 3 is 2.94 bits per heavy atom. The summed E-state index contributed by atoms with van der Waals surface area (Å²) in [5.41, 5.74) is 1.11. The van der Waals surface area contributed by atoms with Gasteiger partial charge in [0.15, 0.2) is 0 Å². The molecule has 0 aliphatic rings. The average molecular weight is 243 g/mol. The molecule has 2 rings (SSSR count). The van der Waals surface area contributed by atoms with Crippen molar-refractivity contribution in [1.82, 2.24) is 15.6 Å². The van der Waals surface area contributed by atoms with Crippen LogP contribution in [0.5, 0.6) is 0 Å². The molecule has 2 N–H and O–H groups in total. The van der Waals surface area contributed by atoms with Crippen LogP contribution >= 0.6 is 0 Å². The summed E-state index contributed by atoms with van der Waals surface area (Å²) in [6.07, 6.45) is 3.69. The SMILES string of the molecule is CCNC(=O)CNCc1cncc2ccccc12. The van der Waals surface area contributed by atoms with E-state index in [4.69, 9.17) is 0 Å². The van der Waals surface area contributed by atoms with Crippen LogP contribution in [0.15, 0.2) is 36.7 Å². The van der Waals surface area contributed by atoms with Gasteiger partial charge in [0.05, 0.1) is 6.54 Å². The number of carbonyl (C=O) groups excluding carboxylic acids is 1. The van der Waals surface area contributed by atoms with Crippen LogP contribution in [0, 0.1) is 0 Å². The number of aromatic nitrogens is 1. The second kappa shape index (κ2) is 6.12. The van der Waals surface area contributed by atoms with E-state index in [2.05, 4.69) is 21.7 Å². The van der Waals surface area contributed by atoms with Crippen LogP contribution in [0.3, 0.4) is 0 Å². The summed E-state index contributed by atoms with van der Waals surface area (Å²) in [7, 11) is 0. The van der Waals surface area contributed by atoms with Crippen molar-refractivity contribution < 1.29 is 4.79 Å². The molecule has 0 spiro atoms. The lowest BCUT2D eigenvalue weighted by Crippen LogP contribution is -2.33. The van der Waals surface area contributed by atoms with Crippen LogP contribution in [0.4, 0.5) is 0 Å². The molecule has 1 aromatic carbocycles. The number of nitrogens with zero attached hydrogens (tertiary/aromatic N) is 1. The van der Waals surface area contributed by atoms with E-state index in [1.54, 1.807) is 0 Å². The zero-order valence-corrected chi connectivity index (χ0v) is 10.4. The standard InChI is InChI=1S/C14H17N3O/c1-2-17-14(18)10-16-9-12-8-15-7-11-5-3-4-6-13(11)12/h3-8,16H,2,9-10H2,1H3,(H,17,18). The Hall–Kier alpha value is -1.94. The fraction of sp³-hybridized carbons (Fsp3) is 0.286. The molecule has 4 nitrogen and oxygen atoms in total. The van der Waals surface area contributed by atoms with E-state index in [0.717, 1.165) is 10.9 Å². The second-order valence-corrected chi connectivity index (χ2v) is 4.08. The van der Waals surface area contributed by atoms with E-state index in [9.17, 15) is 4.79 Å². The minimum atomic E-state index is 0.0192. The maximum atomic E-state index is 11.3. The van der Waals surface area contributed by atoms with Gasteiger partial charge in [-0.3, -0.25) is 9.78 Å². The Labute approximate surface area is 106 Å². The normalized spacial score (nSPS) is 10.5. The maximum Gasteiger partial charge on any atom is 0.233 e. The van der Waals surface area contributed by atoms with Gasteiger partial charge in [-0.2, -0.15) is 0 Å². The number of hydrogen-bond donors (Lipinski definition) is 2. The number of hydrogen-bond acceptors (Lipinski definition) is 3. The van der Waals surface area contributed by atoms with Gasteiger partial charge in [0.1, 0.15) is 0 Å². The predicted molar refractivity (Wildman–Crippen MR) is 72.1 cm³/mol. The number of carbonyl (C=O) groups is 1. The van der Waals surface area contributed by atoms with Crippen LogP contribution < -0.4 is 10.6 Å². The van der Waals surface area contributed by atoms with Crippen LogP contribution in [0.25, 0.3) is 10.8 Å². The number of nitrogens with one attached hydrogen (secondary N) is 2. The molecular formula is C14H17N3O. The number of rotatable bonds is 5. The molecule has 4 heteroatoms. The Morgan fingerprint density at radius 1 is 1.28 bits per heavy atom. The van der Waals surface area contributed by atoms with Gasteiger partial charge in [-0.15, -0.1) is 0 Å². The van der Waals surface area contributed by atoms with Crippen LogP contribution in [-0.4, -0.2) is 24.0 Å². The topological polar surface area (TPSA) is 54.0 Å². The van der Waals surface area contributed by atoms with Gasteiger partial charge in [-0.05, 0) is 17.9 Å². The third-order valence-electron chi connectivity index (χ3n) is 2.73. The first-order valence-corrected chi connectivity index (χ1v) is 6.10. The lowest BCUT2D eigenvalue weighted by Gasteiger charge is -2.07. The lowest BCUT2D eigenvalue weighted by molar-refractivity contribution is -0.120. The highest BCUT2D eigenvalue weighted by atomic mass is 16.1. The molecule has 0 saturated carbocycles. The highest BCUT2D eigenvalue weighted by molar-refractivity contribution is 5.84. The van der Waals surface area contributed by atoms with Crippen molar-refractivity contribution in [2.24, 2.45) is 0 Å². The van der Waals surface area contributed by atoms with Crippen molar-refractivity contribution >= 4 is 16.7 Å². The number of pyridine rings is 1. The van der Waals surface area contributed by atoms with Crippen LogP contribution in [-0.2, 0) is 11.3 Å². The van der Waals surface area contributed by atoms with E-state index in [1.807, 2.05) is 37.5 Å². The van der Waals surface area contributed by atoms with Crippen molar-refractivity contribution in [1.29, 1.82) is 0 Å². The number of benzene rings is 1. The van der Waals surface area contributed by atoms with Crippen LogP contribution in [0.2, 0.25) is 0 Å². The van der Waals surface area contributed by atoms with E-state index in [-0.39, 0.29) is 5.91 Å². The van der Waals surface area contributed by atoms with Gasteiger partial charge >= 0.3 is 0 Å². The summed E-state index contributed by atoms with van der Waals surface area (Å²) < 4.78 is 0. The van der Waals surface area contributed by atoms with Crippen molar-refractivity contribution in [3.63, 3.8) is 0 Å². The summed E-state index contributed by atoms with van der Waals surface area (Å²) in [5, 5.41) is 8.18. The fourth-order valence-electron chi connectivity index (χ4n) is 1.89. The summed E-state index contributed by atoms with van der Waals surface area (Å²) in [5.74, 6) is 0.0192. The summed E-state index contributed by atoms with van der Waals surface area (Å²) >= 11 is 0. The van der Waals surface area contributed by atoms with Gasteiger partial charge in [0, 0.05) is 30.9 Å². The lowest BCUT2D eigenvalue weighted by atomic mass is 10.1. The highest BCUT2D eigenvalue weighted by Gasteiger charge is 2.02. The minimum absolute atomic E-state index is 0.0192. The Kier molecular flexibility index (Phi) is 4.25. The molecule has 0 radical (unpaired) electrons. The number of likely N-dealkylation sites (N-methyl/N-ethyl adjacent to an activating group) is 1. The van der Waals surface area contributed by atoms with E-state index >= 15 is 0 Å². The van der Waals surface area contributed by atoms with Crippen molar-refractivity contribution in [2.45, 2.75) is 13.5 Å². The molecule has 0 atom stereocenters. The molecule has 0 saturated heterocycles. The highest BCUT2D eigenvalue weighted by Crippen LogP contribution is 2.16. The summed E-state index contributed by atoms with van der Waals surface area (Å²) in [6, 6.07) is 8.11. The Bertz CT molecular complexity index is 534. The molecule has 18 heavy (non-hydrogen) atoms. The van der Waals surface area contributed by atoms with Gasteiger partial charge in [0.25, 0.3) is 0 Å². The van der Waals surface area contributed by atoms with Crippen LogP contribution in [0.1, 0.15) is 12.5 Å². The quantitative estimate of drug-likeness (QED) is 0.836. The molecule has 1 amide bonds. The monoisotopic (exact) mass is 243 g/mol. The smallest absolute Gasteiger partial charge is 0.233 e. The zero-order valence-electron chi connectivity index (χ0n) is 10.4. The van der Waals surface area contributed by atoms with Gasteiger partial charge < -0.3 is 10.6 Å². The van der Waals surface area contributed by atoms with E-state index in [1.165, 1.54) is 5.39 Å². The largest absolute Gasteiger partial charge is 0.355 e. The summed E-state index contributed by atoms with van der Waals surface area (Å²) in [4.78, 5) is 15.5. The maximum absolute atomic E-state index is 11.3. The van der Waals surface area contributed by atoms with Crippen molar-refractivity contribution in [3.05, 3.63) is 42.2 Å².